The fraction of sp³-hybridized carbons (Fsp3) is 0.500. The quantitative estimate of drug-likeness (QED) is 0.305. The SMILES string of the molecule is C/C=C(\N=C(c1csc(NC(=O)CN)n1)C(C)OC(=O)c1ccc2c(c1)C(C)(CO)CO2)N1C[C@@H](C)O[C@@H](C)C1. The second-order valence-electron chi connectivity index (χ2n) is 10.4. The van der Waals surface area contributed by atoms with Gasteiger partial charge in [0.1, 0.15) is 29.1 Å². The van der Waals surface area contributed by atoms with Crippen molar-refractivity contribution in [2.24, 2.45) is 10.7 Å². The molecular weight excluding hydrogens is 534 g/mol. The number of hydrogen-bond donors (Lipinski definition) is 3. The predicted molar refractivity (Wildman–Crippen MR) is 153 cm³/mol. The molecule has 4 atom stereocenters. The first-order chi connectivity index (χ1) is 19.1. The van der Waals surface area contributed by atoms with Crippen LogP contribution in [0.15, 0.2) is 40.5 Å². The zero-order valence-corrected chi connectivity index (χ0v) is 24.3. The second-order valence-corrected chi connectivity index (χ2v) is 11.2. The van der Waals surface area contributed by atoms with Crippen LogP contribution in [0, 0.1) is 0 Å². The first kappa shape index (κ1) is 29.7. The minimum absolute atomic E-state index is 0.0262. The van der Waals surface area contributed by atoms with Crippen molar-refractivity contribution in [3.8, 4) is 5.75 Å². The van der Waals surface area contributed by atoms with E-state index in [1.165, 1.54) is 11.3 Å². The molecule has 2 aliphatic heterocycles. The third-order valence-electron chi connectivity index (χ3n) is 6.86. The molecule has 40 heavy (non-hydrogen) atoms. The average molecular weight is 572 g/mol. The van der Waals surface area contributed by atoms with Gasteiger partial charge in [-0.15, -0.1) is 11.3 Å². The topological polar surface area (TPSA) is 149 Å². The Hall–Kier alpha value is -3.32. The summed E-state index contributed by atoms with van der Waals surface area (Å²) in [4.78, 5) is 36.7. The Labute approximate surface area is 238 Å². The monoisotopic (exact) mass is 571 g/mol. The van der Waals surface area contributed by atoms with E-state index in [4.69, 9.17) is 24.9 Å². The Morgan fingerprint density at radius 3 is 2.75 bits per heavy atom. The van der Waals surface area contributed by atoms with Gasteiger partial charge in [-0.2, -0.15) is 0 Å². The number of thiazole rings is 1. The molecule has 0 aliphatic carbocycles. The van der Waals surface area contributed by atoms with E-state index in [-0.39, 0.29) is 31.3 Å². The molecule has 2 aromatic rings. The summed E-state index contributed by atoms with van der Waals surface area (Å²) in [6.45, 7) is 10.9. The van der Waals surface area contributed by atoms with Crippen molar-refractivity contribution in [2.75, 3.05) is 38.2 Å². The van der Waals surface area contributed by atoms with Gasteiger partial charge in [0.2, 0.25) is 5.91 Å². The van der Waals surface area contributed by atoms with Crippen LogP contribution in [0.1, 0.15) is 56.2 Å². The molecule has 1 amide bonds. The molecule has 0 spiro atoms. The number of carbonyl (C=O) groups is 2. The molecule has 1 aromatic heterocycles. The number of nitrogens with two attached hydrogens (primary N) is 1. The van der Waals surface area contributed by atoms with E-state index in [9.17, 15) is 14.7 Å². The van der Waals surface area contributed by atoms with Gasteiger partial charge in [0.25, 0.3) is 0 Å². The van der Waals surface area contributed by atoms with Crippen molar-refractivity contribution in [1.29, 1.82) is 0 Å². The molecule has 2 aliphatic rings. The van der Waals surface area contributed by atoms with Crippen LogP contribution in [-0.4, -0.2) is 83.7 Å². The number of aliphatic hydroxyl groups excluding tert-OH is 1. The number of benzene rings is 1. The first-order valence-electron chi connectivity index (χ1n) is 13.3. The number of esters is 1. The summed E-state index contributed by atoms with van der Waals surface area (Å²) in [5.41, 5.74) is 6.84. The van der Waals surface area contributed by atoms with Gasteiger partial charge in [0, 0.05) is 24.0 Å². The van der Waals surface area contributed by atoms with Gasteiger partial charge in [-0.25, -0.2) is 14.8 Å². The van der Waals surface area contributed by atoms with E-state index < -0.39 is 17.5 Å². The molecule has 216 valence electrons. The van der Waals surface area contributed by atoms with Gasteiger partial charge in [-0.05, 0) is 58.9 Å². The van der Waals surface area contributed by atoms with Crippen molar-refractivity contribution in [1.82, 2.24) is 9.88 Å². The van der Waals surface area contributed by atoms with Gasteiger partial charge >= 0.3 is 5.97 Å². The zero-order valence-electron chi connectivity index (χ0n) is 23.5. The van der Waals surface area contributed by atoms with E-state index >= 15 is 0 Å². The van der Waals surface area contributed by atoms with E-state index in [1.807, 2.05) is 33.8 Å². The van der Waals surface area contributed by atoms with Crippen molar-refractivity contribution < 1.29 is 28.9 Å². The molecule has 4 rings (SSSR count). The average Bonchev–Trinajstić information content (AvgIpc) is 3.52. The Balaban J connectivity index is 1.64. The number of carbonyl (C=O) groups excluding carboxylic acids is 2. The fourth-order valence-corrected chi connectivity index (χ4v) is 5.49. The molecule has 11 nitrogen and oxygen atoms in total. The van der Waals surface area contributed by atoms with Crippen LogP contribution in [0.25, 0.3) is 0 Å². The maximum Gasteiger partial charge on any atom is 0.338 e. The van der Waals surface area contributed by atoms with Crippen LogP contribution in [0.3, 0.4) is 0 Å². The van der Waals surface area contributed by atoms with E-state index in [0.29, 0.717) is 53.4 Å². The van der Waals surface area contributed by atoms with E-state index in [1.54, 1.807) is 30.5 Å². The molecule has 1 saturated heterocycles. The third kappa shape index (κ3) is 6.52. The molecule has 3 heterocycles. The molecule has 1 fully saturated rings. The molecule has 4 N–H and O–H groups in total. The molecule has 0 radical (unpaired) electrons. The lowest BCUT2D eigenvalue weighted by Gasteiger charge is -2.37. The zero-order chi connectivity index (χ0) is 29.0. The Morgan fingerprint density at radius 2 is 2.10 bits per heavy atom. The molecule has 0 saturated carbocycles. The summed E-state index contributed by atoms with van der Waals surface area (Å²) in [5, 5.41) is 14.7. The summed E-state index contributed by atoms with van der Waals surface area (Å²) in [6.07, 6.45) is 1.17. The number of aliphatic hydroxyl groups is 1. The van der Waals surface area contributed by atoms with Crippen LogP contribution in [0.5, 0.6) is 5.75 Å². The summed E-state index contributed by atoms with van der Waals surface area (Å²) < 4.78 is 17.5. The maximum atomic E-state index is 13.3. The summed E-state index contributed by atoms with van der Waals surface area (Å²) in [7, 11) is 0. The highest BCUT2D eigenvalue weighted by molar-refractivity contribution is 7.14. The number of amides is 1. The third-order valence-corrected chi connectivity index (χ3v) is 7.62. The number of ether oxygens (including phenoxy) is 3. The smallest absolute Gasteiger partial charge is 0.338 e. The Bertz CT molecular complexity index is 1300. The number of hydrogen-bond acceptors (Lipinski definition) is 11. The summed E-state index contributed by atoms with van der Waals surface area (Å²) in [6, 6.07) is 5.07. The van der Waals surface area contributed by atoms with Crippen LogP contribution < -0.4 is 15.8 Å². The number of aliphatic imine (C=N–C) groups is 1. The largest absolute Gasteiger partial charge is 0.492 e. The highest BCUT2D eigenvalue weighted by Gasteiger charge is 2.36. The van der Waals surface area contributed by atoms with Gasteiger partial charge in [0.05, 0.1) is 42.9 Å². The Morgan fingerprint density at radius 1 is 1.38 bits per heavy atom. The van der Waals surface area contributed by atoms with Crippen LogP contribution in [-0.2, 0) is 19.7 Å². The van der Waals surface area contributed by atoms with Gasteiger partial charge in [0.15, 0.2) is 5.13 Å². The summed E-state index contributed by atoms with van der Waals surface area (Å²) >= 11 is 1.23. The van der Waals surface area contributed by atoms with E-state index in [0.717, 1.165) is 5.56 Å². The lowest BCUT2D eigenvalue weighted by molar-refractivity contribution is -0.114. The standard InChI is InChI=1S/C28H37N5O6S/c1-6-23(33-11-16(2)38-17(3)12-33)31-25(21-13-40-27(30-21)32-24(35)10-29)18(4)39-26(36)19-7-8-22-20(9-19)28(5,14-34)15-37-22/h6-9,13,16-18,34H,10-12,14-15,29H2,1-5H3,(H,30,32,35)/b23-6+,31-25?/t16-,17+,18?,28?. The lowest BCUT2D eigenvalue weighted by atomic mass is 9.85. The highest BCUT2D eigenvalue weighted by atomic mass is 32.1. The van der Waals surface area contributed by atoms with Crippen LogP contribution in [0.2, 0.25) is 0 Å². The Kier molecular flexibility index (Phi) is 9.24. The second kappa shape index (κ2) is 12.5. The predicted octanol–water partition coefficient (Wildman–Crippen LogP) is 2.69. The number of aromatic nitrogens is 1. The van der Waals surface area contributed by atoms with Gasteiger partial charge < -0.3 is 35.3 Å². The molecule has 2 unspecified atom stereocenters. The molecule has 0 bridgehead atoms. The van der Waals surface area contributed by atoms with E-state index in [2.05, 4.69) is 15.2 Å². The van der Waals surface area contributed by atoms with Gasteiger partial charge in [-0.1, -0.05) is 0 Å². The number of rotatable bonds is 9. The fourth-order valence-electron chi connectivity index (χ4n) is 4.77. The van der Waals surface area contributed by atoms with Crippen molar-refractivity contribution in [2.45, 2.75) is 58.3 Å². The maximum absolute atomic E-state index is 13.3. The molecular formula is C28H37N5O6S. The minimum atomic E-state index is -0.785. The number of allylic oxidation sites excluding steroid dienone is 1. The highest BCUT2D eigenvalue weighted by Crippen LogP contribution is 2.39. The number of morpholine rings is 1. The van der Waals surface area contributed by atoms with Crippen molar-refractivity contribution in [3.63, 3.8) is 0 Å². The van der Waals surface area contributed by atoms with Crippen LogP contribution in [0.4, 0.5) is 5.13 Å². The van der Waals surface area contributed by atoms with Crippen LogP contribution >= 0.6 is 11.3 Å². The van der Waals surface area contributed by atoms with Gasteiger partial charge in [-0.3, -0.25) is 4.79 Å². The molecule has 12 heteroatoms. The summed E-state index contributed by atoms with van der Waals surface area (Å²) in [5.74, 6) is 0.441. The number of anilines is 1. The normalized spacial score (nSPS) is 23.8. The lowest BCUT2D eigenvalue weighted by Crippen LogP contribution is -2.44. The van der Waals surface area contributed by atoms with Crippen molar-refractivity contribution >= 4 is 34.1 Å². The van der Waals surface area contributed by atoms with Crippen molar-refractivity contribution in [3.05, 3.63) is 52.3 Å². The molecule has 1 aromatic carbocycles. The number of fused-ring (bicyclic) bond motifs is 1. The number of nitrogens with one attached hydrogen (secondary N) is 1. The minimum Gasteiger partial charge on any atom is -0.492 e. The first-order valence-corrected chi connectivity index (χ1v) is 14.1. The number of nitrogens with zero attached hydrogens (tertiary/aromatic N) is 3.